The number of sulfonamides is 1. The van der Waals surface area contributed by atoms with Gasteiger partial charge in [0.25, 0.3) is 15.9 Å². The van der Waals surface area contributed by atoms with Crippen LogP contribution < -0.4 is 15.8 Å². The number of allylic oxidation sites excluding steroid dienone is 1. The third kappa shape index (κ3) is 6.68. The van der Waals surface area contributed by atoms with Crippen LogP contribution in [-0.2, 0) is 42.2 Å². The van der Waals surface area contributed by atoms with Crippen molar-refractivity contribution in [3.05, 3.63) is 77.1 Å². The molecule has 4 N–H and O–H groups in total. The van der Waals surface area contributed by atoms with Crippen LogP contribution >= 0.6 is 0 Å². The Morgan fingerprint density at radius 3 is 2.65 bits per heavy atom. The van der Waals surface area contributed by atoms with Crippen molar-refractivity contribution in [3.63, 3.8) is 0 Å². The summed E-state index contributed by atoms with van der Waals surface area (Å²) in [5, 5.41) is 2.79. The van der Waals surface area contributed by atoms with Gasteiger partial charge in [-0.1, -0.05) is 55.3 Å². The second-order valence-electron chi connectivity index (χ2n) is 13.1. The van der Waals surface area contributed by atoms with Crippen LogP contribution in [0.4, 0.5) is 9.18 Å². The van der Waals surface area contributed by atoms with E-state index in [0.29, 0.717) is 36.0 Å². The Labute approximate surface area is 278 Å². The van der Waals surface area contributed by atoms with Crippen LogP contribution in [0.1, 0.15) is 61.6 Å². The van der Waals surface area contributed by atoms with Crippen LogP contribution in [0, 0.1) is 18.7 Å². The van der Waals surface area contributed by atoms with Gasteiger partial charge < -0.3 is 20.7 Å². The molecule has 48 heavy (non-hydrogen) atoms. The van der Waals surface area contributed by atoms with E-state index < -0.39 is 69.3 Å². The number of nitrogens with one attached hydrogen (secondary N) is 2. The average molecular weight is 682 g/mol. The lowest BCUT2D eigenvalue weighted by Gasteiger charge is -2.28. The molecule has 2 aromatic rings. The zero-order valence-electron chi connectivity index (χ0n) is 26.7. The Morgan fingerprint density at radius 1 is 1.08 bits per heavy atom. The minimum absolute atomic E-state index is 0.0307. The highest BCUT2D eigenvalue weighted by Gasteiger charge is 2.61. The number of amides is 4. The second-order valence-corrected chi connectivity index (χ2v) is 14.8. The zero-order valence-corrected chi connectivity index (χ0v) is 27.5. The fourth-order valence-electron chi connectivity index (χ4n) is 6.91. The van der Waals surface area contributed by atoms with Crippen molar-refractivity contribution in [2.24, 2.45) is 11.7 Å². The molecule has 2 aromatic carbocycles. The van der Waals surface area contributed by atoms with E-state index in [1.807, 2.05) is 12.2 Å². The first-order chi connectivity index (χ1) is 22.9. The summed E-state index contributed by atoms with van der Waals surface area (Å²) in [4.78, 5) is 57.1. The summed E-state index contributed by atoms with van der Waals surface area (Å²) in [6.45, 7) is 1.71. The third-order valence-corrected chi connectivity index (χ3v) is 11.2. The lowest BCUT2D eigenvalue weighted by Crippen LogP contribution is -2.57. The average Bonchev–Trinajstić information content (AvgIpc) is 3.34. The van der Waals surface area contributed by atoms with Gasteiger partial charge in [-0.2, -0.15) is 0 Å². The van der Waals surface area contributed by atoms with Crippen LogP contribution in [-0.4, -0.2) is 72.3 Å². The first-order valence-corrected chi connectivity index (χ1v) is 17.8. The van der Waals surface area contributed by atoms with E-state index in [1.54, 1.807) is 37.3 Å². The van der Waals surface area contributed by atoms with E-state index >= 15 is 0 Å². The zero-order chi connectivity index (χ0) is 34.2. The van der Waals surface area contributed by atoms with E-state index in [-0.39, 0.29) is 37.4 Å². The first-order valence-electron chi connectivity index (χ1n) is 16.3. The molecular weight excluding hydrogens is 641 g/mol. The molecule has 2 fully saturated rings. The quantitative estimate of drug-likeness (QED) is 0.414. The van der Waals surface area contributed by atoms with Gasteiger partial charge in [-0.15, -0.1) is 0 Å². The van der Waals surface area contributed by atoms with Crippen molar-refractivity contribution in [1.82, 2.24) is 19.8 Å². The van der Waals surface area contributed by atoms with Gasteiger partial charge in [0.1, 0.15) is 23.5 Å². The monoisotopic (exact) mass is 681 g/mol. The summed E-state index contributed by atoms with van der Waals surface area (Å²) in [5.41, 5.74) is 6.27. The second kappa shape index (κ2) is 13.3. The summed E-state index contributed by atoms with van der Waals surface area (Å²) >= 11 is 0. The van der Waals surface area contributed by atoms with Gasteiger partial charge in [0, 0.05) is 24.4 Å². The van der Waals surface area contributed by atoms with Crippen LogP contribution in [0.25, 0.3) is 0 Å². The lowest BCUT2D eigenvalue weighted by molar-refractivity contribution is -0.140. The Kier molecular flexibility index (Phi) is 9.31. The number of nitrogens with zero attached hydrogens (tertiary/aromatic N) is 2. The van der Waals surface area contributed by atoms with Gasteiger partial charge in [-0.25, -0.2) is 22.3 Å². The fraction of sp³-hybridized carbons (Fsp3) is 0.471. The van der Waals surface area contributed by atoms with Gasteiger partial charge in [0.15, 0.2) is 0 Å². The van der Waals surface area contributed by atoms with Crippen molar-refractivity contribution in [2.45, 2.75) is 93.6 Å². The van der Waals surface area contributed by atoms with Gasteiger partial charge in [-0.3, -0.25) is 19.3 Å². The number of halogens is 1. The molecule has 1 aliphatic carbocycles. The summed E-state index contributed by atoms with van der Waals surface area (Å²) < 4.78 is 48.7. The van der Waals surface area contributed by atoms with E-state index in [2.05, 4.69) is 10.0 Å². The number of nitrogens with two attached hydrogens (primary N) is 1. The highest BCUT2D eigenvalue weighted by Crippen LogP contribution is 2.46. The number of aryl methyl sites for hydroxylation is 1. The maximum Gasteiger partial charge on any atom is 0.410 e. The van der Waals surface area contributed by atoms with Crippen molar-refractivity contribution < 1.29 is 36.7 Å². The number of carbonyl (C=O) groups excluding carboxylic acids is 4. The predicted octanol–water partition coefficient (Wildman–Crippen LogP) is 2.78. The molecule has 6 rings (SSSR count). The molecule has 3 heterocycles. The predicted molar refractivity (Wildman–Crippen MR) is 172 cm³/mol. The van der Waals surface area contributed by atoms with Crippen molar-refractivity contribution >= 4 is 33.8 Å². The van der Waals surface area contributed by atoms with E-state index in [9.17, 15) is 32.0 Å². The van der Waals surface area contributed by atoms with Gasteiger partial charge >= 0.3 is 6.09 Å². The van der Waals surface area contributed by atoms with E-state index in [1.165, 1.54) is 21.9 Å². The number of benzene rings is 2. The van der Waals surface area contributed by atoms with Gasteiger partial charge in [-0.05, 0) is 55.9 Å². The number of rotatable bonds is 4. The Morgan fingerprint density at radius 2 is 1.88 bits per heavy atom. The molecule has 0 spiro atoms. The minimum atomic E-state index is -4.26. The SMILES string of the molecule is Cc1ccccc1S(=O)(=O)NC(=O)[C@@]12C[C@@H]1/C=C\CCCCC[C@H](N)C(=O)N1C[C@H](OC(=O)N3Cc4cccc(F)c4C3)C[C@H]1C(=O)N2. The molecule has 256 valence electrons. The molecule has 0 aromatic heterocycles. The largest absolute Gasteiger partial charge is 0.444 e. The summed E-state index contributed by atoms with van der Waals surface area (Å²) in [5.74, 6) is -2.93. The number of hydrogen-bond acceptors (Lipinski definition) is 8. The molecule has 0 radical (unpaired) electrons. The molecule has 12 nitrogen and oxygen atoms in total. The molecule has 14 heteroatoms. The van der Waals surface area contributed by atoms with E-state index in [0.717, 1.165) is 12.8 Å². The smallest absolute Gasteiger partial charge is 0.410 e. The number of hydrogen-bond donors (Lipinski definition) is 3. The highest BCUT2D eigenvalue weighted by atomic mass is 32.2. The van der Waals surface area contributed by atoms with Crippen molar-refractivity contribution in [1.29, 1.82) is 0 Å². The molecule has 4 aliphatic rings. The van der Waals surface area contributed by atoms with Crippen LogP contribution in [0.3, 0.4) is 0 Å². The van der Waals surface area contributed by atoms with E-state index in [4.69, 9.17) is 10.5 Å². The topological polar surface area (TPSA) is 168 Å². The summed E-state index contributed by atoms with van der Waals surface area (Å²) in [6.07, 6.45) is 5.71. The normalized spacial score (nSPS) is 28.2. The van der Waals surface area contributed by atoms with Gasteiger partial charge in [0.05, 0.1) is 24.0 Å². The minimum Gasteiger partial charge on any atom is -0.444 e. The Balaban J connectivity index is 1.22. The molecule has 3 aliphatic heterocycles. The van der Waals surface area contributed by atoms with Crippen LogP contribution in [0.2, 0.25) is 0 Å². The first kappa shape index (κ1) is 33.6. The maximum atomic E-state index is 14.3. The lowest BCUT2D eigenvalue weighted by atomic mass is 10.1. The third-order valence-electron chi connectivity index (χ3n) is 9.75. The highest BCUT2D eigenvalue weighted by molar-refractivity contribution is 7.90. The maximum absolute atomic E-state index is 14.3. The number of fused-ring (bicyclic) bond motifs is 3. The van der Waals surface area contributed by atoms with Crippen molar-refractivity contribution in [3.8, 4) is 0 Å². The van der Waals surface area contributed by atoms with Gasteiger partial charge in [0.2, 0.25) is 11.8 Å². The Bertz CT molecular complexity index is 1770. The number of ether oxygens (including phenoxy) is 1. The standard InChI is InChI=1S/C34H40FN5O7S/c1-21-10-7-8-15-29(21)48(45,46)38-32(43)34-17-23(34)12-5-3-2-4-6-14-27(36)31(42)40-19-24(16-28(40)30(41)37-34)47-33(44)39-18-22-11-9-13-26(35)25(22)20-39/h5,7-13,15,23-24,27-28H,2-4,6,14,16-20,36H2,1H3,(H,37,41)(H,38,43)/b12-5-/t23-,24+,27-,28-,34+/m0/s1. The molecule has 1 saturated carbocycles. The summed E-state index contributed by atoms with van der Waals surface area (Å²) in [6, 6.07) is 8.86. The number of carbonyl (C=O) groups is 4. The van der Waals surface area contributed by atoms with Crippen LogP contribution in [0.15, 0.2) is 59.5 Å². The molecule has 0 bridgehead atoms. The van der Waals surface area contributed by atoms with Crippen molar-refractivity contribution in [2.75, 3.05) is 6.54 Å². The molecule has 4 amide bonds. The Hall–Kier alpha value is -4.30. The molecule has 5 atom stereocenters. The molecule has 1 saturated heterocycles. The van der Waals surface area contributed by atoms with Crippen LogP contribution in [0.5, 0.6) is 0 Å². The summed E-state index contributed by atoms with van der Waals surface area (Å²) in [7, 11) is -4.26. The molecular formula is C34H40FN5O7S. The fourth-order valence-corrected chi connectivity index (χ4v) is 8.20. The molecule has 0 unspecified atom stereocenters.